The molecule has 3 nitrogen and oxygen atoms in total. The van der Waals surface area contributed by atoms with Crippen LogP contribution >= 0.6 is 11.8 Å². The minimum atomic E-state index is -4.35. The lowest BCUT2D eigenvalue weighted by Crippen LogP contribution is -2.19. The van der Waals surface area contributed by atoms with Crippen molar-refractivity contribution >= 4 is 11.8 Å². The van der Waals surface area contributed by atoms with Crippen LogP contribution in [0.3, 0.4) is 0 Å². The van der Waals surface area contributed by atoms with Crippen molar-refractivity contribution in [3.05, 3.63) is 29.3 Å². The molecule has 0 aliphatic heterocycles. The second-order valence-corrected chi connectivity index (χ2v) is 5.48. The van der Waals surface area contributed by atoms with Gasteiger partial charge in [0.1, 0.15) is 0 Å². The van der Waals surface area contributed by atoms with Crippen LogP contribution in [0.4, 0.5) is 13.2 Å². The van der Waals surface area contributed by atoms with Crippen molar-refractivity contribution in [3.63, 3.8) is 0 Å². The molecule has 1 aromatic carbocycles. The van der Waals surface area contributed by atoms with Gasteiger partial charge in [0.05, 0.1) is 18.8 Å². The van der Waals surface area contributed by atoms with E-state index in [9.17, 15) is 13.2 Å². The Hall–Kier alpha value is -0.760. The lowest BCUT2D eigenvalue weighted by molar-refractivity contribution is -0.139. The van der Waals surface area contributed by atoms with E-state index in [1.165, 1.54) is 19.2 Å². The Bertz CT molecular complexity index is 427. The second-order valence-electron chi connectivity index (χ2n) is 4.34. The summed E-state index contributed by atoms with van der Waals surface area (Å²) in [6.45, 7) is 1.93. The fourth-order valence-electron chi connectivity index (χ4n) is 1.68. The molecule has 0 aromatic heterocycles. The van der Waals surface area contributed by atoms with Crippen LogP contribution in [-0.2, 0) is 22.2 Å². The summed E-state index contributed by atoms with van der Waals surface area (Å²) < 4.78 is 49.0. The van der Waals surface area contributed by atoms with Crippen molar-refractivity contribution in [3.8, 4) is 0 Å². The summed E-state index contributed by atoms with van der Waals surface area (Å²) in [4.78, 5) is 0.236. The largest absolute Gasteiger partial charge is 0.417 e. The number of benzene rings is 1. The number of hydrogen-bond acceptors (Lipinski definition) is 4. The summed E-state index contributed by atoms with van der Waals surface area (Å²) in [5.41, 5.74) is 0.0177. The highest BCUT2D eigenvalue weighted by Gasteiger charge is 2.33. The zero-order valence-corrected chi connectivity index (χ0v) is 12.9. The molecule has 0 aliphatic carbocycles. The van der Waals surface area contributed by atoms with Crippen LogP contribution in [0.5, 0.6) is 0 Å². The van der Waals surface area contributed by atoms with Gasteiger partial charge in [-0.2, -0.15) is 13.2 Å². The standard InChI is InChI=1S/C14H20F3NO2S/c1-19-6-5-18-10-11-3-4-13(21-8-7-20-2)12(9-11)14(15,16)17/h3-4,9,18H,5-8,10H2,1-2H3. The third-order valence-electron chi connectivity index (χ3n) is 2.71. The van der Waals surface area contributed by atoms with Gasteiger partial charge in [-0.05, 0) is 17.7 Å². The number of ether oxygens (including phenoxy) is 2. The molecule has 1 aromatic rings. The average Bonchev–Trinajstić information content (AvgIpc) is 2.44. The Balaban J connectivity index is 2.76. The first-order chi connectivity index (χ1) is 9.99. The van der Waals surface area contributed by atoms with E-state index < -0.39 is 11.7 Å². The molecule has 0 bridgehead atoms. The predicted molar refractivity (Wildman–Crippen MR) is 77.6 cm³/mol. The first-order valence-electron chi connectivity index (χ1n) is 6.50. The molecule has 1 N–H and O–H groups in total. The zero-order valence-electron chi connectivity index (χ0n) is 12.1. The van der Waals surface area contributed by atoms with Gasteiger partial charge in [0, 0.05) is 38.0 Å². The minimum absolute atomic E-state index is 0.236. The number of methoxy groups -OCH3 is 2. The predicted octanol–water partition coefficient (Wildman–Crippen LogP) is 3.18. The van der Waals surface area contributed by atoms with Crippen molar-refractivity contribution in [1.82, 2.24) is 5.32 Å². The van der Waals surface area contributed by atoms with E-state index in [1.54, 1.807) is 13.2 Å². The maximum absolute atomic E-state index is 13.1. The van der Waals surface area contributed by atoms with Crippen LogP contribution in [-0.4, -0.2) is 39.7 Å². The van der Waals surface area contributed by atoms with Gasteiger partial charge in [-0.1, -0.05) is 6.07 Å². The molecular weight excluding hydrogens is 303 g/mol. The molecular formula is C14H20F3NO2S. The lowest BCUT2D eigenvalue weighted by Gasteiger charge is -2.14. The number of alkyl halides is 3. The van der Waals surface area contributed by atoms with Crippen molar-refractivity contribution in [2.45, 2.75) is 17.6 Å². The first-order valence-corrected chi connectivity index (χ1v) is 7.49. The summed E-state index contributed by atoms with van der Waals surface area (Å²) in [6.07, 6.45) is -4.35. The molecule has 0 atom stereocenters. The molecule has 0 spiro atoms. The van der Waals surface area contributed by atoms with Crippen LogP contribution < -0.4 is 5.32 Å². The van der Waals surface area contributed by atoms with Gasteiger partial charge in [0.25, 0.3) is 0 Å². The van der Waals surface area contributed by atoms with E-state index in [4.69, 9.17) is 9.47 Å². The quantitative estimate of drug-likeness (QED) is 0.558. The van der Waals surface area contributed by atoms with Crippen LogP contribution in [0.15, 0.2) is 23.1 Å². The molecule has 7 heteroatoms. The van der Waals surface area contributed by atoms with Crippen molar-refractivity contribution in [2.24, 2.45) is 0 Å². The Morgan fingerprint density at radius 3 is 2.48 bits per heavy atom. The van der Waals surface area contributed by atoms with E-state index >= 15 is 0 Å². The summed E-state index contributed by atoms with van der Waals surface area (Å²) in [5, 5.41) is 3.03. The number of hydrogen-bond donors (Lipinski definition) is 1. The van der Waals surface area contributed by atoms with E-state index in [0.717, 1.165) is 11.8 Å². The smallest absolute Gasteiger partial charge is 0.384 e. The highest BCUT2D eigenvalue weighted by molar-refractivity contribution is 7.99. The topological polar surface area (TPSA) is 30.5 Å². The van der Waals surface area contributed by atoms with Crippen LogP contribution in [0.25, 0.3) is 0 Å². The normalized spacial score (nSPS) is 11.9. The summed E-state index contributed by atoms with van der Waals surface area (Å²) in [6, 6.07) is 4.44. The fourth-order valence-corrected chi connectivity index (χ4v) is 2.64. The molecule has 0 fully saturated rings. The highest BCUT2D eigenvalue weighted by atomic mass is 32.2. The Morgan fingerprint density at radius 1 is 1.14 bits per heavy atom. The molecule has 0 aliphatic rings. The van der Waals surface area contributed by atoms with Crippen molar-refractivity contribution in [2.75, 3.05) is 39.7 Å². The van der Waals surface area contributed by atoms with Gasteiger partial charge in [-0.15, -0.1) is 11.8 Å². The van der Waals surface area contributed by atoms with E-state index in [2.05, 4.69) is 5.32 Å². The highest BCUT2D eigenvalue weighted by Crippen LogP contribution is 2.37. The maximum Gasteiger partial charge on any atom is 0.417 e. The van der Waals surface area contributed by atoms with Gasteiger partial charge in [-0.3, -0.25) is 0 Å². The lowest BCUT2D eigenvalue weighted by atomic mass is 10.1. The van der Waals surface area contributed by atoms with E-state index in [-0.39, 0.29) is 4.90 Å². The number of halogens is 3. The van der Waals surface area contributed by atoms with Crippen LogP contribution in [0.1, 0.15) is 11.1 Å². The third-order valence-corrected chi connectivity index (χ3v) is 3.74. The Kier molecular flexibility index (Phi) is 8.10. The zero-order chi connectivity index (χ0) is 15.7. The van der Waals surface area contributed by atoms with Gasteiger partial charge in [0.15, 0.2) is 0 Å². The van der Waals surface area contributed by atoms with Gasteiger partial charge in [-0.25, -0.2) is 0 Å². The molecule has 21 heavy (non-hydrogen) atoms. The third kappa shape index (κ3) is 6.69. The fraction of sp³-hybridized carbons (Fsp3) is 0.571. The first kappa shape index (κ1) is 18.3. The minimum Gasteiger partial charge on any atom is -0.384 e. The second kappa shape index (κ2) is 9.30. The SMILES string of the molecule is COCCNCc1ccc(SCCOC)c(C(F)(F)F)c1. The Labute approximate surface area is 127 Å². The van der Waals surface area contributed by atoms with Gasteiger partial charge < -0.3 is 14.8 Å². The molecule has 120 valence electrons. The van der Waals surface area contributed by atoms with Crippen LogP contribution in [0.2, 0.25) is 0 Å². The summed E-state index contributed by atoms with van der Waals surface area (Å²) >= 11 is 1.15. The summed E-state index contributed by atoms with van der Waals surface area (Å²) in [7, 11) is 3.11. The van der Waals surface area contributed by atoms with Crippen LogP contribution in [0, 0.1) is 0 Å². The molecule has 0 heterocycles. The Morgan fingerprint density at radius 2 is 1.86 bits per heavy atom. The molecule has 0 saturated carbocycles. The van der Waals surface area contributed by atoms with Crippen molar-refractivity contribution in [1.29, 1.82) is 0 Å². The molecule has 0 unspecified atom stereocenters. The van der Waals surface area contributed by atoms with E-state index in [0.29, 0.717) is 37.6 Å². The van der Waals surface area contributed by atoms with Gasteiger partial charge >= 0.3 is 6.18 Å². The maximum atomic E-state index is 13.1. The molecule has 0 radical (unpaired) electrons. The van der Waals surface area contributed by atoms with Gasteiger partial charge in [0.2, 0.25) is 0 Å². The molecule has 1 rings (SSSR count). The van der Waals surface area contributed by atoms with Crippen molar-refractivity contribution < 1.29 is 22.6 Å². The average molecular weight is 323 g/mol. The summed E-state index contributed by atoms with van der Waals surface area (Å²) in [5.74, 6) is 0.491. The number of nitrogens with one attached hydrogen (secondary N) is 1. The molecule has 0 amide bonds. The number of thioether (sulfide) groups is 1. The number of rotatable bonds is 9. The monoisotopic (exact) mass is 323 g/mol. The van der Waals surface area contributed by atoms with E-state index in [1.807, 2.05) is 0 Å². The molecule has 0 saturated heterocycles.